The number of rotatable bonds is 9. The third kappa shape index (κ3) is 9.52. The number of fused-ring (bicyclic) bond motifs is 10. The van der Waals surface area contributed by atoms with Crippen molar-refractivity contribution >= 4 is 207 Å². The molecule has 16 heteroatoms. The van der Waals surface area contributed by atoms with Gasteiger partial charge in [-0.2, -0.15) is 10.5 Å². The van der Waals surface area contributed by atoms with Crippen LogP contribution >= 0.6 is 0 Å². The van der Waals surface area contributed by atoms with Crippen molar-refractivity contribution in [2.24, 2.45) is 0 Å². The molecular weight excluding hydrogens is 1210 g/mol. The van der Waals surface area contributed by atoms with Crippen LogP contribution in [0.3, 0.4) is 0 Å². The van der Waals surface area contributed by atoms with Crippen LogP contribution in [0.1, 0.15) is 37.5 Å². The lowest BCUT2D eigenvalue weighted by atomic mass is 9.34. The summed E-state index contributed by atoms with van der Waals surface area (Å²) in [5.41, 5.74) is 34.1. The van der Waals surface area contributed by atoms with E-state index in [1.54, 1.807) is 0 Å². The van der Waals surface area contributed by atoms with E-state index in [-0.39, 0.29) is 12.1 Å². The van der Waals surface area contributed by atoms with Gasteiger partial charge in [0, 0.05) is 66.9 Å². The molecule has 0 bridgehead atoms. The van der Waals surface area contributed by atoms with Gasteiger partial charge in [-0.3, -0.25) is 0 Å². The molecule has 0 atom stereocenters. The van der Waals surface area contributed by atoms with E-state index in [1.807, 2.05) is 30.3 Å². The van der Waals surface area contributed by atoms with Crippen LogP contribution in [0.4, 0.5) is 34.1 Å². The van der Waals surface area contributed by atoms with Gasteiger partial charge in [0.25, 0.3) is 6.71 Å². The summed E-state index contributed by atoms with van der Waals surface area (Å²) in [7, 11) is 18.4. The second kappa shape index (κ2) is 23.6. The number of hydrogen-bond acceptors (Lipinski definition) is 5. The largest absolute Gasteiger partial charge is 0.458 e. The van der Waals surface area contributed by atoms with Crippen molar-refractivity contribution in [2.45, 2.75) is 26.2 Å². The van der Waals surface area contributed by atoms with Gasteiger partial charge >= 0.3 is 0 Å². The molecule has 100 heavy (non-hydrogen) atoms. The molecule has 0 unspecified atom stereocenters. The minimum absolute atomic E-state index is 0.169. The van der Waals surface area contributed by atoms with Crippen molar-refractivity contribution in [1.82, 2.24) is 9.13 Å². The van der Waals surface area contributed by atoms with Gasteiger partial charge in [-0.1, -0.05) is 181 Å². The highest BCUT2D eigenvalue weighted by atomic mass is 16.5. The SMILES string of the molecule is Bc1c(B)c(B)c2c(c1B)c1c(B)c(B)c(B)c(B)c1n2-c1ccc2c(c1)N(c1ccc(C(C)(C)C)cc1-c1ccccc1)c1cc(-c3cc(C#N)ccc3-n3c4ccccc4c4ccccc43)cc3c1B2c1ccc(-c2cc(C#N)ccc2N(c2ccccc2)c2ccccc2)cc1O3. The number of nitriles is 2. The van der Waals surface area contributed by atoms with Crippen molar-refractivity contribution < 1.29 is 4.74 Å². The fraction of sp³-hybridized carbons (Fsp3) is 0.0476. The van der Waals surface area contributed by atoms with E-state index in [9.17, 15) is 10.5 Å². The highest BCUT2D eigenvalue weighted by molar-refractivity contribution is 6.99. The number of nitrogens with zero attached hydrogens (tertiary/aromatic N) is 6. The zero-order valence-corrected chi connectivity index (χ0v) is 58.3. The topological polar surface area (TPSA) is 73.2 Å². The van der Waals surface area contributed by atoms with E-state index >= 15 is 0 Å². The Balaban J connectivity index is 0.998. The minimum atomic E-state index is -0.329. The Morgan fingerprint density at radius 3 is 1.52 bits per heavy atom. The van der Waals surface area contributed by atoms with Crippen molar-refractivity contribution in [3.63, 3.8) is 0 Å². The van der Waals surface area contributed by atoms with Gasteiger partial charge < -0.3 is 23.7 Å². The van der Waals surface area contributed by atoms with Gasteiger partial charge in [0.2, 0.25) is 0 Å². The minimum Gasteiger partial charge on any atom is -0.458 e. The third-order valence-electron chi connectivity index (χ3n) is 22.2. The molecule has 0 amide bonds. The Kier molecular flexibility index (Phi) is 14.6. The number of hydrogen-bond donors (Lipinski definition) is 0. The molecule has 0 aliphatic carbocycles. The highest BCUT2D eigenvalue weighted by Crippen LogP contribution is 2.50. The zero-order valence-electron chi connectivity index (χ0n) is 58.3. The van der Waals surface area contributed by atoms with Crippen molar-refractivity contribution in [3.8, 4) is 68.4 Å². The molecule has 17 rings (SSSR count). The van der Waals surface area contributed by atoms with E-state index < -0.39 is 0 Å². The summed E-state index contributed by atoms with van der Waals surface area (Å²) in [5.74, 6) is 1.42. The Labute approximate surface area is 591 Å². The molecule has 464 valence electrons. The smallest absolute Gasteiger partial charge is 0.256 e. The Morgan fingerprint density at radius 2 is 0.920 bits per heavy atom. The molecule has 0 fully saturated rings. The second-order valence-corrected chi connectivity index (χ2v) is 28.5. The normalized spacial score (nSPS) is 12.3. The van der Waals surface area contributed by atoms with E-state index in [4.69, 9.17) is 4.74 Å². The summed E-state index contributed by atoms with van der Waals surface area (Å²) < 4.78 is 12.7. The van der Waals surface area contributed by atoms with Gasteiger partial charge in [-0.05, 0) is 170 Å². The molecule has 0 saturated heterocycles. The van der Waals surface area contributed by atoms with Crippen LogP contribution < -0.4 is 74.6 Å². The summed E-state index contributed by atoms with van der Waals surface area (Å²) in [5, 5.41) is 26.6. The van der Waals surface area contributed by atoms with Crippen LogP contribution in [0.5, 0.6) is 11.5 Å². The van der Waals surface area contributed by atoms with Crippen LogP contribution in [0.25, 0.3) is 88.4 Å². The van der Waals surface area contributed by atoms with E-state index in [1.165, 1.54) is 71.1 Å². The molecule has 4 heterocycles. The maximum atomic E-state index is 11.0. The maximum absolute atomic E-state index is 11.0. The van der Waals surface area contributed by atoms with Crippen LogP contribution in [-0.4, -0.2) is 78.6 Å². The van der Waals surface area contributed by atoms with Gasteiger partial charge in [0.1, 0.15) is 74.3 Å². The zero-order chi connectivity index (χ0) is 68.7. The number of para-hydroxylation sites is 4. The summed E-state index contributed by atoms with van der Waals surface area (Å²) in [6.45, 7) is 6.56. The lowest BCUT2D eigenvalue weighted by molar-refractivity contribution is 0.488. The fourth-order valence-corrected chi connectivity index (χ4v) is 16.5. The summed E-state index contributed by atoms with van der Waals surface area (Å²) in [6, 6.07) is 91.8. The maximum Gasteiger partial charge on any atom is 0.256 e. The van der Waals surface area contributed by atoms with Crippen LogP contribution in [-0.2, 0) is 5.41 Å². The molecule has 7 nitrogen and oxygen atoms in total. The molecule has 0 N–H and O–H groups in total. The first-order chi connectivity index (χ1) is 48.5. The Hall–Kier alpha value is -11.6. The van der Waals surface area contributed by atoms with E-state index in [0.29, 0.717) is 22.6 Å². The van der Waals surface area contributed by atoms with E-state index in [2.05, 4.69) is 327 Å². The predicted molar refractivity (Wildman–Crippen MR) is 446 cm³/mol. The predicted octanol–water partition coefficient (Wildman–Crippen LogP) is 5.86. The van der Waals surface area contributed by atoms with Gasteiger partial charge in [0.15, 0.2) is 0 Å². The Morgan fingerprint density at radius 1 is 0.400 bits per heavy atom. The van der Waals surface area contributed by atoms with Crippen molar-refractivity contribution in [2.75, 3.05) is 9.80 Å². The first kappa shape index (κ1) is 62.0. The Bertz CT molecular complexity index is 5920. The molecule has 15 aromatic rings. The van der Waals surface area contributed by atoms with Gasteiger partial charge in [-0.15, -0.1) is 10.9 Å². The molecule has 0 radical (unpaired) electrons. The van der Waals surface area contributed by atoms with Gasteiger partial charge in [-0.25, -0.2) is 0 Å². The third-order valence-corrected chi connectivity index (χ3v) is 22.2. The van der Waals surface area contributed by atoms with Crippen LogP contribution in [0.15, 0.2) is 243 Å². The average molecular weight is 1270 g/mol. The monoisotopic (exact) mass is 1270 g/mol. The standard InChI is InChI=1S/C84H65B9N6O/c1-84(2,3)51-30-36-66(59(42-51)48-17-7-4-8-18-48)99-67-43-54(97-82-71(73(85)75(87)77(89)79(82)91)72-74(86)76(88)78(90)80(92)83(72)97)31-33-60(67)93-61-32-29-49(57-37-46(44-94)27-34-64(57)96(52-19-9-5-10-20-52)53-21-11-6-12-22-53)40-69(61)100-70-41-50(39-68(99)81(70)93)58-38-47(45-95)28-35-65(58)98-62-25-15-13-23-55(62)56-24-14-16-26-63(56)98/h4-43H,85-92H2,1-3H3. The molecule has 13 aromatic carbocycles. The molecule has 2 aliphatic rings. The number of anilines is 6. The van der Waals surface area contributed by atoms with Crippen LogP contribution in [0, 0.1) is 22.7 Å². The first-order valence-electron chi connectivity index (χ1n) is 34.6. The summed E-state index contributed by atoms with van der Waals surface area (Å²) >= 11 is 0. The lowest BCUT2D eigenvalue weighted by Crippen LogP contribution is -2.59. The first-order valence-corrected chi connectivity index (χ1v) is 34.6. The summed E-state index contributed by atoms with van der Waals surface area (Å²) in [6.07, 6.45) is 0. The van der Waals surface area contributed by atoms with Crippen LogP contribution in [0.2, 0.25) is 0 Å². The quantitative estimate of drug-likeness (QED) is 0.170. The lowest BCUT2D eigenvalue weighted by Gasteiger charge is -2.41. The number of benzene rings is 13. The second-order valence-electron chi connectivity index (χ2n) is 28.5. The van der Waals surface area contributed by atoms with E-state index in [0.717, 1.165) is 117 Å². The molecule has 0 spiro atoms. The fourth-order valence-electron chi connectivity index (χ4n) is 16.5. The number of aromatic nitrogens is 2. The average Bonchev–Trinajstić information content (AvgIpc) is 0.933. The van der Waals surface area contributed by atoms with Crippen molar-refractivity contribution in [1.29, 1.82) is 10.5 Å². The van der Waals surface area contributed by atoms with Crippen molar-refractivity contribution in [3.05, 3.63) is 259 Å². The molecule has 2 aliphatic heterocycles. The molecule has 0 saturated carbocycles. The summed E-state index contributed by atoms with van der Waals surface area (Å²) in [4.78, 5) is 4.81. The van der Waals surface area contributed by atoms with Gasteiger partial charge in [0.05, 0.1) is 51.4 Å². The molecular formula is C84H65B9N6O. The highest BCUT2D eigenvalue weighted by Gasteiger charge is 2.44. The number of ether oxygens (including phenoxy) is 1. The molecule has 2 aromatic heterocycles.